The molecule has 1 saturated heterocycles. The molecule has 1 saturated carbocycles. The second-order valence-electron chi connectivity index (χ2n) is 5.36. The first kappa shape index (κ1) is 16.2. The number of halogens is 1. The topological polar surface area (TPSA) is 75.4 Å². The van der Waals surface area contributed by atoms with E-state index in [4.69, 9.17) is 5.73 Å². The summed E-state index contributed by atoms with van der Waals surface area (Å²) in [5.41, 5.74) is 6.00. The molecule has 1 aliphatic heterocycles. The lowest BCUT2D eigenvalue weighted by molar-refractivity contribution is -0.144. The molecule has 0 spiro atoms. The number of amides is 2. The fraction of sp³-hybridized carbons (Fsp3) is 0.846. The van der Waals surface area contributed by atoms with Crippen molar-refractivity contribution in [3.8, 4) is 0 Å². The van der Waals surface area contributed by atoms with Gasteiger partial charge in [-0.25, -0.2) is 0 Å². The van der Waals surface area contributed by atoms with Gasteiger partial charge in [-0.1, -0.05) is 13.3 Å². The number of nitrogens with two attached hydrogens (primary N) is 1. The lowest BCUT2D eigenvalue weighted by Gasteiger charge is -2.35. The molecule has 19 heavy (non-hydrogen) atoms. The van der Waals surface area contributed by atoms with Crippen LogP contribution in [0.4, 0.5) is 0 Å². The Morgan fingerprint density at radius 3 is 2.79 bits per heavy atom. The van der Waals surface area contributed by atoms with Crippen LogP contribution in [0.15, 0.2) is 0 Å². The zero-order valence-electron chi connectivity index (χ0n) is 11.4. The van der Waals surface area contributed by atoms with Crippen molar-refractivity contribution in [3.05, 3.63) is 0 Å². The summed E-state index contributed by atoms with van der Waals surface area (Å²) in [4.78, 5) is 25.8. The summed E-state index contributed by atoms with van der Waals surface area (Å²) in [6.07, 6.45) is 4.37. The molecule has 5 nitrogen and oxygen atoms in total. The molecule has 110 valence electrons. The maximum Gasteiger partial charge on any atom is 0.242 e. The van der Waals surface area contributed by atoms with Gasteiger partial charge in [0, 0.05) is 25.6 Å². The van der Waals surface area contributed by atoms with Crippen LogP contribution in [0.5, 0.6) is 0 Å². The summed E-state index contributed by atoms with van der Waals surface area (Å²) in [6.45, 7) is 3.14. The van der Waals surface area contributed by atoms with Gasteiger partial charge in [0.1, 0.15) is 6.04 Å². The second kappa shape index (κ2) is 7.10. The van der Waals surface area contributed by atoms with E-state index in [0.29, 0.717) is 31.8 Å². The number of hydrogen-bond acceptors (Lipinski definition) is 3. The van der Waals surface area contributed by atoms with E-state index >= 15 is 0 Å². The fourth-order valence-electron chi connectivity index (χ4n) is 3.08. The summed E-state index contributed by atoms with van der Waals surface area (Å²) >= 11 is 0. The zero-order chi connectivity index (χ0) is 13.1. The minimum atomic E-state index is -0.288. The molecule has 2 rings (SSSR count). The van der Waals surface area contributed by atoms with E-state index in [1.807, 2.05) is 6.92 Å². The van der Waals surface area contributed by atoms with E-state index in [0.717, 1.165) is 19.3 Å². The number of rotatable bonds is 3. The van der Waals surface area contributed by atoms with Gasteiger partial charge >= 0.3 is 0 Å². The van der Waals surface area contributed by atoms with Gasteiger partial charge < -0.3 is 16.0 Å². The third kappa shape index (κ3) is 3.60. The Morgan fingerprint density at radius 1 is 1.47 bits per heavy atom. The van der Waals surface area contributed by atoms with Crippen molar-refractivity contribution < 1.29 is 9.59 Å². The van der Waals surface area contributed by atoms with Gasteiger partial charge in [-0.3, -0.25) is 9.59 Å². The van der Waals surface area contributed by atoms with E-state index in [-0.39, 0.29) is 36.3 Å². The van der Waals surface area contributed by atoms with Crippen LogP contribution in [-0.4, -0.2) is 41.9 Å². The van der Waals surface area contributed by atoms with Crippen molar-refractivity contribution in [3.63, 3.8) is 0 Å². The normalized spacial score (nSPS) is 30.7. The molecule has 3 N–H and O–H groups in total. The standard InChI is InChI=1S/C13H23N3O2.ClH/c1-2-11-13(18)15-6-7-16(11)12(17)8-9-4-3-5-10(9)14;/h9-11H,2-8,14H2,1H3,(H,15,18);1H/t9-,10+,11?;/m0./s1. The van der Waals surface area contributed by atoms with Crippen molar-refractivity contribution in [2.24, 2.45) is 11.7 Å². The predicted molar refractivity (Wildman–Crippen MR) is 76.0 cm³/mol. The molecule has 3 atom stereocenters. The minimum absolute atomic E-state index is 0. The van der Waals surface area contributed by atoms with E-state index in [1.165, 1.54) is 0 Å². The third-order valence-corrected chi connectivity index (χ3v) is 4.19. The number of piperazine rings is 1. The number of hydrogen-bond donors (Lipinski definition) is 2. The van der Waals surface area contributed by atoms with Crippen molar-refractivity contribution in [1.29, 1.82) is 0 Å². The summed E-state index contributed by atoms with van der Waals surface area (Å²) < 4.78 is 0. The van der Waals surface area contributed by atoms with Crippen molar-refractivity contribution in [2.45, 2.75) is 51.1 Å². The molecule has 6 heteroatoms. The van der Waals surface area contributed by atoms with Crippen LogP contribution in [0.25, 0.3) is 0 Å². The van der Waals surface area contributed by atoms with Gasteiger partial charge in [-0.15, -0.1) is 12.4 Å². The number of carbonyl (C=O) groups excluding carboxylic acids is 2. The zero-order valence-corrected chi connectivity index (χ0v) is 12.2. The Hall–Kier alpha value is -0.810. The van der Waals surface area contributed by atoms with Crippen LogP contribution in [0.1, 0.15) is 39.0 Å². The van der Waals surface area contributed by atoms with Crippen molar-refractivity contribution in [2.75, 3.05) is 13.1 Å². The first-order chi connectivity index (χ1) is 8.63. The molecular formula is C13H24ClN3O2. The summed E-state index contributed by atoms with van der Waals surface area (Å²) in [7, 11) is 0. The molecule has 2 amide bonds. The van der Waals surface area contributed by atoms with Crippen LogP contribution in [0.3, 0.4) is 0 Å². The van der Waals surface area contributed by atoms with Gasteiger partial charge in [-0.2, -0.15) is 0 Å². The highest BCUT2D eigenvalue weighted by Crippen LogP contribution is 2.28. The van der Waals surface area contributed by atoms with E-state index in [1.54, 1.807) is 4.90 Å². The monoisotopic (exact) mass is 289 g/mol. The predicted octanol–water partition coefficient (Wildman–Crippen LogP) is 0.663. The van der Waals surface area contributed by atoms with Gasteiger partial charge in [0.2, 0.25) is 11.8 Å². The Bertz CT molecular complexity index is 338. The molecule has 2 aliphatic rings. The molecule has 1 aliphatic carbocycles. The van der Waals surface area contributed by atoms with Crippen LogP contribution < -0.4 is 11.1 Å². The second-order valence-corrected chi connectivity index (χ2v) is 5.36. The first-order valence-electron chi connectivity index (χ1n) is 6.96. The van der Waals surface area contributed by atoms with Gasteiger partial charge in [0.05, 0.1) is 0 Å². The maximum atomic E-state index is 12.3. The Kier molecular flexibility index (Phi) is 6.07. The molecular weight excluding hydrogens is 266 g/mol. The van der Waals surface area contributed by atoms with Gasteiger partial charge in [0.25, 0.3) is 0 Å². The Morgan fingerprint density at radius 2 is 2.21 bits per heavy atom. The molecule has 2 fully saturated rings. The molecule has 0 aromatic rings. The Balaban J connectivity index is 0.00000180. The SMILES string of the molecule is CCC1C(=O)NCCN1C(=O)C[C@@H]1CCC[C@H]1N.Cl. The molecule has 0 aromatic carbocycles. The average molecular weight is 290 g/mol. The van der Waals surface area contributed by atoms with Crippen LogP contribution in [0.2, 0.25) is 0 Å². The Labute approximate surface area is 120 Å². The van der Waals surface area contributed by atoms with Crippen molar-refractivity contribution >= 4 is 24.2 Å². The molecule has 0 aromatic heterocycles. The largest absolute Gasteiger partial charge is 0.353 e. The van der Waals surface area contributed by atoms with E-state index in [2.05, 4.69) is 5.32 Å². The van der Waals surface area contributed by atoms with Crippen LogP contribution in [0, 0.1) is 5.92 Å². The highest BCUT2D eigenvalue weighted by Gasteiger charge is 2.34. The smallest absolute Gasteiger partial charge is 0.242 e. The van der Waals surface area contributed by atoms with Crippen LogP contribution in [-0.2, 0) is 9.59 Å². The maximum absolute atomic E-state index is 12.3. The molecule has 1 heterocycles. The first-order valence-corrected chi connectivity index (χ1v) is 6.96. The lowest BCUT2D eigenvalue weighted by Crippen LogP contribution is -2.57. The number of carbonyl (C=O) groups is 2. The third-order valence-electron chi connectivity index (χ3n) is 4.19. The van der Waals surface area contributed by atoms with E-state index in [9.17, 15) is 9.59 Å². The molecule has 0 bridgehead atoms. The minimum Gasteiger partial charge on any atom is -0.353 e. The summed E-state index contributed by atoms with van der Waals surface area (Å²) in [6, 6.07) is -0.128. The average Bonchev–Trinajstić information content (AvgIpc) is 2.74. The highest BCUT2D eigenvalue weighted by atomic mass is 35.5. The van der Waals surface area contributed by atoms with E-state index < -0.39 is 0 Å². The number of nitrogens with zero attached hydrogens (tertiary/aromatic N) is 1. The van der Waals surface area contributed by atoms with Gasteiger partial charge in [0.15, 0.2) is 0 Å². The summed E-state index contributed by atoms with van der Waals surface area (Å²) in [5, 5.41) is 2.81. The molecule has 1 unspecified atom stereocenters. The van der Waals surface area contributed by atoms with Crippen molar-refractivity contribution in [1.82, 2.24) is 10.2 Å². The number of nitrogens with one attached hydrogen (secondary N) is 1. The fourth-order valence-corrected chi connectivity index (χ4v) is 3.08. The van der Waals surface area contributed by atoms with Gasteiger partial charge in [-0.05, 0) is 25.2 Å². The highest BCUT2D eigenvalue weighted by molar-refractivity contribution is 5.88. The molecule has 0 radical (unpaired) electrons. The summed E-state index contributed by atoms with van der Waals surface area (Å²) in [5.74, 6) is 0.381. The quantitative estimate of drug-likeness (QED) is 0.801. The van der Waals surface area contributed by atoms with Crippen LogP contribution >= 0.6 is 12.4 Å². The lowest BCUT2D eigenvalue weighted by atomic mass is 9.98.